The number of hydrogen-bond donors (Lipinski definition) is 1. The highest BCUT2D eigenvalue weighted by molar-refractivity contribution is 6.28. The monoisotopic (exact) mass is 131 g/mol. The highest BCUT2D eigenvalue weighted by Gasteiger charge is 2.07. The van der Waals surface area contributed by atoms with Crippen LogP contribution in [0.5, 0.6) is 0 Å². The molecule has 0 aromatic carbocycles. The van der Waals surface area contributed by atoms with Gasteiger partial charge in [0.1, 0.15) is 6.42 Å². The van der Waals surface area contributed by atoms with E-state index in [0.29, 0.717) is 0 Å². The molecule has 0 amide bonds. The van der Waals surface area contributed by atoms with Crippen molar-refractivity contribution in [3.05, 3.63) is 0 Å². The molecule has 0 fully saturated rings. The highest BCUT2D eigenvalue weighted by Crippen LogP contribution is 1.80. The van der Waals surface area contributed by atoms with Gasteiger partial charge in [0.2, 0.25) is 5.78 Å². The lowest BCUT2D eigenvalue weighted by atomic mass is 10.3. The number of Topliss-reactive ketones (excluding diaryl/α,β-unsaturated/α-hetero) is 1. The Labute approximate surface area is 50.7 Å². The van der Waals surface area contributed by atoms with Gasteiger partial charge in [0.25, 0.3) is 0 Å². The maximum absolute atomic E-state index is 10.1. The molecular formula is C4H5NO4. The second-order valence-corrected chi connectivity index (χ2v) is 1.25. The average molecular weight is 131 g/mol. The first-order valence-electron chi connectivity index (χ1n) is 2.08. The number of ketones is 1. The van der Waals surface area contributed by atoms with Crippen LogP contribution in [0.15, 0.2) is 0 Å². The van der Waals surface area contributed by atoms with Crippen LogP contribution in [0.2, 0.25) is 0 Å². The Bertz CT molecular complexity index is 142. The molecule has 2 N–H and O–H groups in total. The van der Waals surface area contributed by atoms with Crippen molar-refractivity contribution in [2.24, 2.45) is 5.90 Å². The summed E-state index contributed by atoms with van der Waals surface area (Å²) in [7, 11) is 0. The van der Waals surface area contributed by atoms with Crippen molar-refractivity contribution < 1.29 is 19.2 Å². The molecule has 0 bridgehead atoms. The summed E-state index contributed by atoms with van der Waals surface area (Å²) in [6.45, 7) is 0. The van der Waals surface area contributed by atoms with E-state index in [1.807, 2.05) is 0 Å². The van der Waals surface area contributed by atoms with Gasteiger partial charge in [-0.1, -0.05) is 0 Å². The Morgan fingerprint density at radius 3 is 2.44 bits per heavy atom. The smallest absolute Gasteiger partial charge is 0.332 e. The summed E-state index contributed by atoms with van der Waals surface area (Å²) in [5, 5.41) is 0. The van der Waals surface area contributed by atoms with Crippen LogP contribution in [0.3, 0.4) is 0 Å². The third kappa shape index (κ3) is 3.36. The normalized spacial score (nSPS) is 8.11. The van der Waals surface area contributed by atoms with Crippen LogP contribution < -0.4 is 5.90 Å². The van der Waals surface area contributed by atoms with Gasteiger partial charge in [-0.2, -0.15) is 5.90 Å². The van der Waals surface area contributed by atoms with Crippen molar-refractivity contribution in [3.8, 4) is 0 Å². The highest BCUT2D eigenvalue weighted by atomic mass is 16.7. The molecule has 0 aromatic rings. The molecule has 0 saturated carbocycles. The number of aldehydes is 1. The zero-order valence-corrected chi connectivity index (χ0v) is 4.49. The Morgan fingerprint density at radius 2 is 2.11 bits per heavy atom. The van der Waals surface area contributed by atoms with Crippen LogP contribution in [-0.2, 0) is 19.2 Å². The number of carbonyl (C=O) groups is 3. The van der Waals surface area contributed by atoms with Crippen LogP contribution in [0, 0.1) is 0 Å². The summed E-state index contributed by atoms with van der Waals surface area (Å²) < 4.78 is 0. The van der Waals surface area contributed by atoms with Crippen LogP contribution >= 0.6 is 0 Å². The first-order valence-corrected chi connectivity index (χ1v) is 2.08. The fraction of sp³-hybridized carbons (Fsp3) is 0.250. The summed E-state index contributed by atoms with van der Waals surface area (Å²) >= 11 is 0. The molecule has 0 radical (unpaired) electrons. The quantitative estimate of drug-likeness (QED) is 0.219. The number of carbonyl (C=O) groups excluding carboxylic acids is 3. The molecule has 0 aliphatic heterocycles. The molecule has 0 aliphatic rings. The molecule has 0 aromatic heterocycles. The fourth-order valence-electron chi connectivity index (χ4n) is 0.226. The van der Waals surface area contributed by atoms with Gasteiger partial charge in [-0.05, 0) is 0 Å². The molecule has 5 heteroatoms. The minimum Gasteiger partial charge on any atom is -0.373 e. The van der Waals surface area contributed by atoms with Gasteiger partial charge in [-0.15, -0.1) is 0 Å². The van der Waals surface area contributed by atoms with Gasteiger partial charge in [0.05, 0.1) is 0 Å². The summed E-state index contributed by atoms with van der Waals surface area (Å²) in [6, 6.07) is 0. The van der Waals surface area contributed by atoms with E-state index in [-0.39, 0.29) is 6.29 Å². The Morgan fingerprint density at radius 1 is 1.56 bits per heavy atom. The molecule has 0 aliphatic carbocycles. The van der Waals surface area contributed by atoms with E-state index in [9.17, 15) is 14.4 Å². The predicted molar refractivity (Wildman–Crippen MR) is 26.0 cm³/mol. The van der Waals surface area contributed by atoms with Crippen molar-refractivity contribution in [1.29, 1.82) is 0 Å². The van der Waals surface area contributed by atoms with E-state index < -0.39 is 18.2 Å². The van der Waals surface area contributed by atoms with Gasteiger partial charge < -0.3 is 4.84 Å². The Balaban J connectivity index is 3.59. The molecular weight excluding hydrogens is 126 g/mol. The molecule has 5 nitrogen and oxygen atoms in total. The van der Waals surface area contributed by atoms with Crippen LogP contribution in [0.25, 0.3) is 0 Å². The average Bonchev–Trinajstić information content (AvgIpc) is 1.87. The molecule has 0 spiro atoms. The van der Waals surface area contributed by atoms with Crippen LogP contribution in [-0.4, -0.2) is 18.0 Å². The third-order valence-corrected chi connectivity index (χ3v) is 0.581. The van der Waals surface area contributed by atoms with Crippen LogP contribution in [0.4, 0.5) is 0 Å². The standard InChI is InChI=1S/C4H5NO4/c5-9-4(8)1-3(7)2-6/h2H,1,5H2. The fourth-order valence-corrected chi connectivity index (χ4v) is 0.226. The lowest BCUT2D eigenvalue weighted by Gasteiger charge is -1.89. The van der Waals surface area contributed by atoms with Gasteiger partial charge in [-0.3, -0.25) is 9.59 Å². The molecule has 0 heterocycles. The van der Waals surface area contributed by atoms with E-state index in [2.05, 4.69) is 10.7 Å². The first kappa shape index (κ1) is 7.77. The second-order valence-electron chi connectivity index (χ2n) is 1.25. The first-order chi connectivity index (χ1) is 4.20. The summed E-state index contributed by atoms with van der Waals surface area (Å²) in [5.74, 6) is 2.61. The zero-order chi connectivity index (χ0) is 7.28. The van der Waals surface area contributed by atoms with Crippen molar-refractivity contribution >= 4 is 18.0 Å². The number of hydrogen-bond acceptors (Lipinski definition) is 5. The minimum absolute atomic E-state index is 0.0386. The van der Waals surface area contributed by atoms with E-state index in [4.69, 9.17) is 0 Å². The topological polar surface area (TPSA) is 86.5 Å². The van der Waals surface area contributed by atoms with E-state index in [1.165, 1.54) is 0 Å². The largest absolute Gasteiger partial charge is 0.373 e. The SMILES string of the molecule is NOC(=O)CC(=O)C=O. The molecule has 9 heavy (non-hydrogen) atoms. The van der Waals surface area contributed by atoms with Crippen LogP contribution in [0.1, 0.15) is 6.42 Å². The number of nitrogens with two attached hydrogens (primary N) is 1. The van der Waals surface area contributed by atoms with Gasteiger partial charge in [0.15, 0.2) is 6.29 Å². The van der Waals surface area contributed by atoms with E-state index >= 15 is 0 Å². The summed E-state index contributed by atoms with van der Waals surface area (Å²) in [4.78, 5) is 33.3. The zero-order valence-electron chi connectivity index (χ0n) is 4.49. The van der Waals surface area contributed by atoms with Crippen molar-refractivity contribution in [2.45, 2.75) is 6.42 Å². The molecule has 50 valence electrons. The van der Waals surface area contributed by atoms with E-state index in [1.54, 1.807) is 0 Å². The maximum Gasteiger partial charge on any atom is 0.332 e. The molecule has 0 saturated heterocycles. The maximum atomic E-state index is 10.1. The van der Waals surface area contributed by atoms with E-state index in [0.717, 1.165) is 0 Å². The summed E-state index contributed by atoms with van der Waals surface area (Å²) in [6.07, 6.45) is -0.545. The molecule has 0 rings (SSSR count). The van der Waals surface area contributed by atoms with Gasteiger partial charge >= 0.3 is 5.97 Å². The predicted octanol–water partition coefficient (Wildman–Crippen LogP) is -1.44. The van der Waals surface area contributed by atoms with Gasteiger partial charge in [0, 0.05) is 0 Å². The van der Waals surface area contributed by atoms with Crippen molar-refractivity contribution in [2.75, 3.05) is 0 Å². The third-order valence-electron chi connectivity index (χ3n) is 0.581. The Hall–Kier alpha value is -1.23. The van der Waals surface area contributed by atoms with Gasteiger partial charge in [-0.25, -0.2) is 4.79 Å². The van der Waals surface area contributed by atoms with Crippen molar-refractivity contribution in [1.82, 2.24) is 0 Å². The lowest BCUT2D eigenvalue weighted by Crippen LogP contribution is -2.14. The molecule has 0 atom stereocenters. The molecule has 0 unspecified atom stereocenters. The lowest BCUT2D eigenvalue weighted by molar-refractivity contribution is -0.147. The van der Waals surface area contributed by atoms with Crippen molar-refractivity contribution in [3.63, 3.8) is 0 Å². The Kier molecular flexibility index (Phi) is 3.22. The summed E-state index contributed by atoms with van der Waals surface area (Å²) in [5.41, 5.74) is 0. The number of rotatable bonds is 3. The minimum atomic E-state index is -0.910. The second kappa shape index (κ2) is 3.73.